The first kappa shape index (κ1) is 25.8. The van der Waals surface area contributed by atoms with Crippen LogP contribution in [-0.4, -0.2) is 58.6 Å². The second-order valence-corrected chi connectivity index (χ2v) is 9.71. The van der Waals surface area contributed by atoms with Crippen molar-refractivity contribution in [2.24, 2.45) is 0 Å². The predicted molar refractivity (Wildman–Crippen MR) is 141 cm³/mol. The van der Waals surface area contributed by atoms with Crippen molar-refractivity contribution in [2.75, 3.05) is 20.2 Å². The normalized spacial score (nSPS) is 19.8. The Kier molecular flexibility index (Phi) is 7.93. The summed E-state index contributed by atoms with van der Waals surface area (Å²) in [6, 6.07) is 13.2. The molecule has 4 bridgehead atoms. The molecule has 38 heavy (non-hydrogen) atoms. The summed E-state index contributed by atoms with van der Waals surface area (Å²) in [6.45, 7) is 3.60. The second kappa shape index (κ2) is 11.7. The molecule has 5 rings (SSSR count). The topological polar surface area (TPSA) is 94.9 Å². The van der Waals surface area contributed by atoms with Crippen LogP contribution in [0.25, 0.3) is 0 Å². The molecule has 9 heteroatoms. The molecule has 0 aliphatic carbocycles. The van der Waals surface area contributed by atoms with Crippen molar-refractivity contribution < 1.29 is 23.8 Å². The van der Waals surface area contributed by atoms with Gasteiger partial charge < -0.3 is 29.0 Å². The van der Waals surface area contributed by atoms with Crippen LogP contribution in [0.1, 0.15) is 36.7 Å². The lowest BCUT2D eigenvalue weighted by Gasteiger charge is -2.39. The van der Waals surface area contributed by atoms with Gasteiger partial charge in [0.15, 0.2) is 11.5 Å². The molecule has 1 N–H and O–H groups in total. The highest BCUT2D eigenvalue weighted by Gasteiger charge is 2.33. The highest BCUT2D eigenvalue weighted by Crippen LogP contribution is 2.33. The summed E-state index contributed by atoms with van der Waals surface area (Å²) < 4.78 is 19.8. The van der Waals surface area contributed by atoms with Crippen LogP contribution >= 0.6 is 0 Å². The van der Waals surface area contributed by atoms with Gasteiger partial charge in [0.05, 0.1) is 25.9 Å². The minimum Gasteiger partial charge on any atom is -0.493 e. The number of rotatable bonds is 4. The smallest absolute Gasteiger partial charge is 0.242 e. The van der Waals surface area contributed by atoms with E-state index < -0.39 is 0 Å². The first-order valence-corrected chi connectivity index (χ1v) is 13.1. The quantitative estimate of drug-likeness (QED) is 0.568. The number of imidazole rings is 1. The fourth-order valence-electron chi connectivity index (χ4n) is 5.06. The van der Waals surface area contributed by atoms with Gasteiger partial charge in [0.25, 0.3) is 0 Å². The third-order valence-electron chi connectivity index (χ3n) is 7.13. The summed E-state index contributed by atoms with van der Waals surface area (Å²) in [5, 5.41) is 3.16. The zero-order chi connectivity index (χ0) is 26.5. The van der Waals surface area contributed by atoms with E-state index in [1.165, 1.54) is 0 Å². The van der Waals surface area contributed by atoms with Gasteiger partial charge in [0, 0.05) is 38.3 Å². The number of nitrogens with zero attached hydrogens (tertiary/aromatic N) is 3. The van der Waals surface area contributed by atoms with Crippen molar-refractivity contribution in [1.82, 2.24) is 19.8 Å². The minimum absolute atomic E-state index is 0.0110. The van der Waals surface area contributed by atoms with E-state index in [4.69, 9.17) is 14.2 Å². The van der Waals surface area contributed by atoms with Crippen LogP contribution in [0.4, 0.5) is 0 Å². The molecule has 0 saturated carbocycles. The molecule has 0 spiro atoms. The average molecular weight is 519 g/mol. The van der Waals surface area contributed by atoms with Gasteiger partial charge in [-0.2, -0.15) is 0 Å². The van der Waals surface area contributed by atoms with Crippen LogP contribution in [-0.2, 0) is 40.3 Å². The molecular weight excluding hydrogens is 484 g/mol. The number of aromatic nitrogens is 2. The molecule has 2 aromatic carbocycles. The minimum atomic E-state index is -0.301. The predicted octanol–water partition coefficient (Wildman–Crippen LogP) is 3.50. The Balaban J connectivity index is 1.35. The highest BCUT2D eigenvalue weighted by atomic mass is 16.5. The van der Waals surface area contributed by atoms with Crippen LogP contribution in [0.5, 0.6) is 17.2 Å². The number of hydrogen-bond donors (Lipinski definition) is 1. The Hall–Kier alpha value is -3.85. The molecule has 0 radical (unpaired) electrons. The molecule has 3 heterocycles. The van der Waals surface area contributed by atoms with E-state index in [-0.39, 0.29) is 30.5 Å². The summed E-state index contributed by atoms with van der Waals surface area (Å²) >= 11 is 0. The maximum absolute atomic E-state index is 13.2. The fraction of sp³-hybridized carbons (Fsp3) is 0.414. The summed E-state index contributed by atoms with van der Waals surface area (Å²) in [7, 11) is 1.61. The molecule has 2 atom stereocenters. The van der Waals surface area contributed by atoms with Crippen molar-refractivity contribution in [3.63, 3.8) is 0 Å². The van der Waals surface area contributed by atoms with Gasteiger partial charge in [-0.15, -0.1) is 0 Å². The molecule has 1 saturated heterocycles. The molecule has 200 valence electrons. The molecular formula is C29H34N4O5. The lowest BCUT2D eigenvalue weighted by molar-refractivity contribution is -0.138. The lowest BCUT2D eigenvalue weighted by atomic mass is 10.0. The summed E-state index contributed by atoms with van der Waals surface area (Å²) in [6.07, 6.45) is 5.60. The average Bonchev–Trinajstić information content (AvgIpc) is 3.38. The van der Waals surface area contributed by atoms with Gasteiger partial charge in [0.2, 0.25) is 11.8 Å². The van der Waals surface area contributed by atoms with Crippen molar-refractivity contribution >= 4 is 11.8 Å². The zero-order valence-corrected chi connectivity index (χ0v) is 21.9. The van der Waals surface area contributed by atoms with Crippen LogP contribution < -0.4 is 14.8 Å². The van der Waals surface area contributed by atoms with Crippen molar-refractivity contribution in [3.05, 3.63) is 71.8 Å². The number of hydrogen-bond acceptors (Lipinski definition) is 6. The molecule has 2 amide bonds. The Morgan fingerprint density at radius 2 is 2.08 bits per heavy atom. The number of carbonyl (C=O) groups is 2. The molecule has 2 aliphatic heterocycles. The standard InChI is InChI=1S/C29H34N4O5/c1-3-27-30-12-14-32(27)18-29(35)33-13-11-24-23(17-33)31-28(34)10-8-20-7-9-25(36-2)26(16-20)38-22-6-4-5-21(15-22)19-37-24/h4-7,9,12,14-16,23-24H,3,8,10-11,13,17-19H2,1-2H3,(H,31,34)/t23-,24+/m0/s1. The Labute approximate surface area is 222 Å². The third kappa shape index (κ3) is 5.99. The molecule has 1 fully saturated rings. The first-order valence-electron chi connectivity index (χ1n) is 13.1. The number of fused-ring (bicyclic) bond motifs is 5. The highest BCUT2D eigenvalue weighted by molar-refractivity contribution is 5.78. The number of nitrogens with one attached hydrogen (secondary N) is 1. The number of likely N-dealkylation sites (tertiary alicyclic amines) is 1. The second-order valence-electron chi connectivity index (χ2n) is 9.71. The van der Waals surface area contributed by atoms with Crippen LogP contribution in [0.3, 0.4) is 0 Å². The lowest BCUT2D eigenvalue weighted by Crippen LogP contribution is -2.57. The number of amides is 2. The first-order chi connectivity index (χ1) is 18.5. The van der Waals surface area contributed by atoms with Crippen molar-refractivity contribution in [1.29, 1.82) is 0 Å². The van der Waals surface area contributed by atoms with E-state index in [9.17, 15) is 9.59 Å². The Morgan fingerprint density at radius 3 is 2.92 bits per heavy atom. The third-order valence-corrected chi connectivity index (χ3v) is 7.13. The number of methoxy groups -OCH3 is 1. The van der Waals surface area contributed by atoms with Gasteiger partial charge in [0.1, 0.15) is 18.1 Å². The van der Waals surface area contributed by atoms with E-state index in [0.717, 1.165) is 23.4 Å². The maximum Gasteiger partial charge on any atom is 0.242 e. The number of ether oxygens (including phenoxy) is 3. The van der Waals surface area contributed by atoms with Gasteiger partial charge in [-0.1, -0.05) is 25.1 Å². The van der Waals surface area contributed by atoms with Crippen LogP contribution in [0, 0.1) is 0 Å². The number of aryl methyl sites for hydroxylation is 2. The molecule has 3 aromatic rings. The van der Waals surface area contributed by atoms with Gasteiger partial charge in [-0.25, -0.2) is 4.98 Å². The summed E-state index contributed by atoms with van der Waals surface area (Å²) in [4.78, 5) is 32.3. The molecule has 0 unspecified atom stereocenters. The monoisotopic (exact) mass is 518 g/mol. The van der Waals surface area contributed by atoms with E-state index in [1.807, 2.05) is 65.1 Å². The molecule has 1 aromatic heterocycles. The number of benzene rings is 2. The van der Waals surface area contributed by atoms with Gasteiger partial charge in [-0.3, -0.25) is 9.59 Å². The molecule has 2 aliphatic rings. The SMILES string of the molecule is CCc1nccn1CC(=O)N1CC[C@H]2OCc3cccc(c3)Oc3cc(ccc3OC)CCC(=O)N[C@H]2C1. The van der Waals surface area contributed by atoms with Crippen LogP contribution in [0.15, 0.2) is 54.9 Å². The van der Waals surface area contributed by atoms with E-state index in [1.54, 1.807) is 13.3 Å². The van der Waals surface area contributed by atoms with Gasteiger partial charge in [-0.05, 0) is 48.2 Å². The Morgan fingerprint density at radius 1 is 1.18 bits per heavy atom. The van der Waals surface area contributed by atoms with E-state index in [2.05, 4.69) is 10.3 Å². The fourth-order valence-corrected chi connectivity index (χ4v) is 5.06. The van der Waals surface area contributed by atoms with E-state index >= 15 is 0 Å². The maximum atomic E-state index is 13.2. The number of carbonyl (C=O) groups excluding carboxylic acids is 2. The summed E-state index contributed by atoms with van der Waals surface area (Å²) in [5.74, 6) is 2.73. The van der Waals surface area contributed by atoms with Gasteiger partial charge >= 0.3 is 0 Å². The van der Waals surface area contributed by atoms with E-state index in [0.29, 0.717) is 56.2 Å². The van der Waals surface area contributed by atoms with Crippen molar-refractivity contribution in [3.8, 4) is 17.2 Å². The summed E-state index contributed by atoms with van der Waals surface area (Å²) in [5.41, 5.74) is 1.94. The largest absolute Gasteiger partial charge is 0.493 e. The molecule has 9 nitrogen and oxygen atoms in total. The van der Waals surface area contributed by atoms with Crippen LogP contribution in [0.2, 0.25) is 0 Å². The Bertz CT molecular complexity index is 1290. The van der Waals surface area contributed by atoms with Crippen molar-refractivity contribution in [2.45, 2.75) is 57.9 Å². The number of piperidine rings is 1. The zero-order valence-electron chi connectivity index (χ0n) is 21.9.